The summed E-state index contributed by atoms with van der Waals surface area (Å²) in [5.41, 5.74) is 0. The molecule has 16 heavy (non-hydrogen) atoms. The van der Waals surface area contributed by atoms with E-state index in [-0.39, 0.29) is 12.5 Å². The number of carbonyl (C=O) groups excluding carboxylic acids is 1. The molecule has 0 rings (SSSR count). The van der Waals surface area contributed by atoms with Crippen LogP contribution < -0.4 is 0 Å². The minimum absolute atomic E-state index is 0.0776. The highest BCUT2D eigenvalue weighted by Crippen LogP contribution is 1.96. The number of nitrogens with zero attached hydrogens (tertiary/aromatic N) is 1. The lowest BCUT2D eigenvalue weighted by Crippen LogP contribution is -2.25. The molecular weight excluding hydrogens is 206 g/mol. The van der Waals surface area contributed by atoms with Gasteiger partial charge in [-0.25, -0.2) is 0 Å². The van der Waals surface area contributed by atoms with Crippen LogP contribution in [0.4, 0.5) is 0 Å². The summed E-state index contributed by atoms with van der Waals surface area (Å²) < 4.78 is 4.90. The first-order chi connectivity index (χ1) is 7.61. The highest BCUT2D eigenvalue weighted by Gasteiger charge is 2.03. The van der Waals surface area contributed by atoms with Gasteiger partial charge in [0, 0.05) is 26.3 Å². The Balaban J connectivity index is 3.92. The van der Waals surface area contributed by atoms with Gasteiger partial charge in [0.15, 0.2) is 0 Å². The Labute approximate surface area is 97.2 Å². The first kappa shape index (κ1) is 14.7. The van der Waals surface area contributed by atoms with Crippen molar-refractivity contribution in [3.8, 4) is 0 Å². The molecule has 0 aromatic carbocycles. The zero-order valence-corrected chi connectivity index (χ0v) is 10.3. The van der Waals surface area contributed by atoms with Crippen LogP contribution in [-0.4, -0.2) is 43.2 Å². The van der Waals surface area contributed by atoms with E-state index in [9.17, 15) is 4.79 Å². The van der Waals surface area contributed by atoms with E-state index in [2.05, 4.69) is 0 Å². The van der Waals surface area contributed by atoms with Crippen LogP contribution in [0.15, 0.2) is 24.0 Å². The molecule has 0 atom stereocenters. The minimum atomic E-state index is -0.0776. The number of hydrogen-bond acceptors (Lipinski definition) is 3. The Morgan fingerprint density at radius 2 is 2.12 bits per heavy atom. The van der Waals surface area contributed by atoms with Crippen LogP contribution in [0.1, 0.15) is 19.8 Å². The van der Waals surface area contributed by atoms with Gasteiger partial charge in [0.05, 0.1) is 12.9 Å². The van der Waals surface area contributed by atoms with Crippen LogP contribution >= 0.6 is 0 Å². The first-order valence-electron chi connectivity index (χ1n) is 5.35. The largest absolute Gasteiger partial charge is 0.501 e. The maximum atomic E-state index is 11.5. The van der Waals surface area contributed by atoms with Gasteiger partial charge in [-0.05, 0) is 19.8 Å². The van der Waals surface area contributed by atoms with Gasteiger partial charge in [-0.15, -0.1) is 0 Å². The monoisotopic (exact) mass is 227 g/mol. The van der Waals surface area contributed by atoms with Crippen molar-refractivity contribution in [2.75, 3.05) is 27.3 Å². The number of hydrogen-bond donors (Lipinski definition) is 1. The van der Waals surface area contributed by atoms with Gasteiger partial charge < -0.3 is 14.7 Å². The number of rotatable bonds is 7. The molecule has 0 aliphatic heterocycles. The molecule has 4 heteroatoms. The number of likely N-dealkylation sites (N-methyl/N-ethyl adjacent to an activating group) is 1. The Kier molecular flexibility index (Phi) is 8.25. The number of carbonyl (C=O) groups is 1. The Hall–Kier alpha value is -1.29. The van der Waals surface area contributed by atoms with Gasteiger partial charge in [0.25, 0.3) is 0 Å². The number of methoxy groups -OCH3 is 1. The first-order valence-corrected chi connectivity index (χ1v) is 5.35. The topological polar surface area (TPSA) is 49.8 Å². The molecular formula is C12H21NO3. The van der Waals surface area contributed by atoms with Crippen LogP contribution in [0, 0.1) is 0 Å². The molecule has 0 aliphatic rings. The van der Waals surface area contributed by atoms with Gasteiger partial charge in [-0.2, -0.15) is 0 Å². The van der Waals surface area contributed by atoms with Crippen molar-refractivity contribution in [3.05, 3.63) is 24.0 Å². The smallest absolute Gasteiger partial charge is 0.249 e. The van der Waals surface area contributed by atoms with Crippen LogP contribution in [0.3, 0.4) is 0 Å². The van der Waals surface area contributed by atoms with Crippen molar-refractivity contribution in [1.82, 2.24) is 4.90 Å². The zero-order chi connectivity index (χ0) is 12.4. The Morgan fingerprint density at radius 3 is 2.69 bits per heavy atom. The van der Waals surface area contributed by atoms with E-state index >= 15 is 0 Å². The van der Waals surface area contributed by atoms with Gasteiger partial charge in [-0.3, -0.25) is 4.79 Å². The summed E-state index contributed by atoms with van der Waals surface area (Å²) in [6, 6.07) is 0. The average molecular weight is 227 g/mol. The molecule has 0 aliphatic carbocycles. The molecule has 0 radical (unpaired) electrons. The van der Waals surface area contributed by atoms with Crippen LogP contribution in [-0.2, 0) is 9.53 Å². The van der Waals surface area contributed by atoms with Gasteiger partial charge in [-0.1, -0.05) is 12.2 Å². The molecule has 0 heterocycles. The van der Waals surface area contributed by atoms with Gasteiger partial charge in [0.1, 0.15) is 0 Å². The normalized spacial score (nSPS) is 11.9. The average Bonchev–Trinajstić information content (AvgIpc) is 2.28. The molecule has 0 bridgehead atoms. The fraction of sp³-hybridized carbons (Fsp3) is 0.583. The predicted molar refractivity (Wildman–Crippen MR) is 63.9 cm³/mol. The van der Waals surface area contributed by atoms with E-state index in [0.29, 0.717) is 12.3 Å². The fourth-order valence-electron chi connectivity index (χ4n) is 0.993. The standard InChI is InChI=1S/C12H21NO3/c1-11(16-3)10-12(15)13(2)8-6-4-5-7-9-14/h4,6,10,14H,5,7-9H2,1-3H3/b6-4+,11-10+. The second kappa shape index (κ2) is 8.97. The molecule has 0 saturated carbocycles. The highest BCUT2D eigenvalue weighted by molar-refractivity contribution is 5.87. The van der Waals surface area contributed by atoms with Crippen molar-refractivity contribution in [2.24, 2.45) is 0 Å². The number of amides is 1. The summed E-state index contributed by atoms with van der Waals surface area (Å²) in [7, 11) is 3.27. The third-order valence-corrected chi connectivity index (χ3v) is 2.10. The molecule has 0 aromatic rings. The Bertz CT molecular complexity index is 259. The summed E-state index contributed by atoms with van der Waals surface area (Å²) in [4.78, 5) is 13.1. The van der Waals surface area contributed by atoms with E-state index in [1.54, 1.807) is 18.9 Å². The lowest BCUT2D eigenvalue weighted by Gasteiger charge is -2.12. The predicted octanol–water partition coefficient (Wildman–Crippen LogP) is 1.32. The van der Waals surface area contributed by atoms with E-state index in [0.717, 1.165) is 12.8 Å². The molecule has 1 N–H and O–H groups in total. The highest BCUT2D eigenvalue weighted by atomic mass is 16.5. The van der Waals surface area contributed by atoms with E-state index in [1.807, 2.05) is 12.2 Å². The van der Waals surface area contributed by atoms with Crippen molar-refractivity contribution in [1.29, 1.82) is 0 Å². The number of ether oxygens (including phenoxy) is 1. The minimum Gasteiger partial charge on any atom is -0.501 e. The number of aliphatic hydroxyl groups excluding tert-OH is 1. The van der Waals surface area contributed by atoms with Crippen LogP contribution in [0.5, 0.6) is 0 Å². The molecule has 0 fully saturated rings. The second-order valence-corrected chi connectivity index (χ2v) is 3.52. The molecule has 92 valence electrons. The lowest BCUT2D eigenvalue weighted by atomic mass is 10.3. The maximum Gasteiger partial charge on any atom is 0.249 e. The third-order valence-electron chi connectivity index (χ3n) is 2.10. The molecule has 1 amide bonds. The van der Waals surface area contributed by atoms with Gasteiger partial charge >= 0.3 is 0 Å². The van der Waals surface area contributed by atoms with E-state index in [4.69, 9.17) is 9.84 Å². The van der Waals surface area contributed by atoms with E-state index in [1.165, 1.54) is 13.2 Å². The summed E-state index contributed by atoms with van der Waals surface area (Å²) in [5.74, 6) is 0.521. The molecule has 0 unspecified atom stereocenters. The number of aliphatic hydroxyl groups is 1. The lowest BCUT2D eigenvalue weighted by molar-refractivity contribution is -0.124. The van der Waals surface area contributed by atoms with Crippen molar-refractivity contribution < 1.29 is 14.6 Å². The zero-order valence-electron chi connectivity index (χ0n) is 10.3. The van der Waals surface area contributed by atoms with Gasteiger partial charge in [0.2, 0.25) is 5.91 Å². The van der Waals surface area contributed by atoms with Crippen LogP contribution in [0.25, 0.3) is 0 Å². The second-order valence-electron chi connectivity index (χ2n) is 3.52. The summed E-state index contributed by atoms with van der Waals surface area (Å²) in [5, 5.41) is 8.57. The maximum absolute atomic E-state index is 11.5. The number of allylic oxidation sites excluding steroid dienone is 2. The fourth-order valence-corrected chi connectivity index (χ4v) is 0.993. The van der Waals surface area contributed by atoms with Crippen molar-refractivity contribution in [2.45, 2.75) is 19.8 Å². The van der Waals surface area contributed by atoms with Crippen molar-refractivity contribution >= 4 is 5.91 Å². The third kappa shape index (κ3) is 7.06. The summed E-state index contributed by atoms with van der Waals surface area (Å²) >= 11 is 0. The molecule has 0 spiro atoms. The Morgan fingerprint density at radius 1 is 1.44 bits per heavy atom. The SMILES string of the molecule is CO/C(C)=C/C(=O)N(C)C/C=C/CCCO. The molecule has 0 aromatic heterocycles. The van der Waals surface area contributed by atoms with Crippen molar-refractivity contribution in [3.63, 3.8) is 0 Å². The van der Waals surface area contributed by atoms with E-state index < -0.39 is 0 Å². The molecule has 0 saturated heterocycles. The summed E-state index contributed by atoms with van der Waals surface area (Å²) in [6.07, 6.45) is 6.94. The summed E-state index contributed by atoms with van der Waals surface area (Å²) in [6.45, 7) is 2.51. The molecule has 4 nitrogen and oxygen atoms in total. The van der Waals surface area contributed by atoms with Crippen LogP contribution in [0.2, 0.25) is 0 Å². The quantitative estimate of drug-likeness (QED) is 0.309. The number of unbranched alkanes of at least 4 members (excludes halogenated alkanes) is 1.